The number of hydrogen-bond donors (Lipinski definition) is 2. The van der Waals surface area contributed by atoms with Crippen molar-refractivity contribution in [2.75, 3.05) is 0 Å². The number of alkyl halides is 5. The van der Waals surface area contributed by atoms with E-state index in [-0.39, 0.29) is 34.9 Å². The van der Waals surface area contributed by atoms with Crippen molar-refractivity contribution < 1.29 is 27.1 Å². The molecule has 35 heavy (non-hydrogen) atoms. The third kappa shape index (κ3) is 5.08. The second kappa shape index (κ2) is 9.45. The molecule has 2 N–H and O–H groups in total. The first-order chi connectivity index (χ1) is 16.4. The summed E-state index contributed by atoms with van der Waals surface area (Å²) in [6.07, 6.45) is -5.98. The number of aryl methyl sites for hydroxylation is 2. The highest BCUT2D eigenvalue weighted by molar-refractivity contribution is 5.60. The number of aromatic nitrogens is 2. The molecule has 9 nitrogen and oxygen atoms in total. The lowest BCUT2D eigenvalue weighted by molar-refractivity contribution is -0.290. The van der Waals surface area contributed by atoms with Gasteiger partial charge in [-0.25, -0.2) is 0 Å². The predicted octanol–water partition coefficient (Wildman–Crippen LogP) is 6.57. The first-order valence-electron chi connectivity index (χ1n) is 9.84. The van der Waals surface area contributed by atoms with Gasteiger partial charge in [-0.05, 0) is 49.7 Å². The Labute approximate surface area is 193 Å². The molecule has 0 aliphatic rings. The molecule has 3 aromatic rings. The highest BCUT2D eigenvalue weighted by atomic mass is 19.4. The topological polar surface area (TPSA) is 131 Å². The van der Waals surface area contributed by atoms with Gasteiger partial charge in [0.15, 0.2) is 5.69 Å². The van der Waals surface area contributed by atoms with E-state index in [1.807, 2.05) is 6.07 Å². The number of aromatic hydroxyl groups is 1. The van der Waals surface area contributed by atoms with E-state index in [4.69, 9.17) is 0 Å². The van der Waals surface area contributed by atoms with Crippen molar-refractivity contribution in [3.63, 3.8) is 0 Å². The Hall–Kier alpha value is -4.41. The molecule has 0 fully saturated rings. The van der Waals surface area contributed by atoms with Crippen LogP contribution in [0.15, 0.2) is 61.6 Å². The summed E-state index contributed by atoms with van der Waals surface area (Å²) >= 11 is 0. The van der Waals surface area contributed by atoms with E-state index in [1.165, 1.54) is 31.2 Å². The Morgan fingerprint density at radius 2 is 1.69 bits per heavy atom. The molecular weight excluding hydrogens is 477 g/mol. The maximum Gasteiger partial charge on any atom is 0.459 e. The maximum absolute atomic E-state index is 13.9. The number of azo groups is 2. The molecule has 0 aliphatic heterocycles. The monoisotopic (exact) mass is 493 g/mol. The standard InChI is InChI=1S/C21H16F5N7O2/c1-3-33-19(35)17(18(32-33)20(22,23)21(24,25)26)31-28-13-5-7-14(12(9-13)10-27)29-30-15-6-4-11(2)8-16(15)34/h4-9,32,34H,3H2,1-2H3. The number of phenols is 1. The van der Waals surface area contributed by atoms with Crippen molar-refractivity contribution in [3.05, 3.63) is 63.6 Å². The van der Waals surface area contributed by atoms with Gasteiger partial charge in [-0.1, -0.05) is 6.07 Å². The lowest BCUT2D eigenvalue weighted by Crippen LogP contribution is -2.34. The zero-order valence-electron chi connectivity index (χ0n) is 18.1. The summed E-state index contributed by atoms with van der Waals surface area (Å²) in [4.78, 5) is 12.2. The molecule has 14 heteroatoms. The van der Waals surface area contributed by atoms with Crippen LogP contribution < -0.4 is 5.56 Å². The first kappa shape index (κ1) is 25.2. The molecule has 2 aromatic carbocycles. The van der Waals surface area contributed by atoms with Gasteiger partial charge in [-0.3, -0.25) is 14.6 Å². The molecule has 0 radical (unpaired) electrons. The number of phenolic OH excluding ortho intramolecular Hbond substituents is 1. The SMILES string of the molecule is CCn1[nH]c(C(F)(F)C(F)(F)F)c(N=Nc2ccc(N=Nc3ccc(C)cc3O)c(C#N)c2)c1=O. The second-order valence-electron chi connectivity index (χ2n) is 7.16. The van der Waals surface area contributed by atoms with E-state index in [2.05, 4.69) is 20.5 Å². The molecule has 0 unspecified atom stereocenters. The van der Waals surface area contributed by atoms with Crippen molar-refractivity contribution in [3.8, 4) is 11.8 Å². The van der Waals surface area contributed by atoms with Gasteiger partial charge in [0.1, 0.15) is 28.9 Å². The van der Waals surface area contributed by atoms with E-state index >= 15 is 0 Å². The van der Waals surface area contributed by atoms with Crippen LogP contribution in [-0.4, -0.2) is 21.1 Å². The van der Waals surface area contributed by atoms with Crippen molar-refractivity contribution in [2.24, 2.45) is 20.5 Å². The molecular formula is C21H16F5N7O2. The minimum atomic E-state index is -5.98. The van der Waals surface area contributed by atoms with Gasteiger partial charge in [-0.2, -0.15) is 32.3 Å². The molecule has 0 spiro atoms. The Balaban J connectivity index is 1.97. The quantitative estimate of drug-likeness (QED) is 0.297. The van der Waals surface area contributed by atoms with Crippen molar-refractivity contribution in [1.82, 2.24) is 9.78 Å². The van der Waals surface area contributed by atoms with Crippen molar-refractivity contribution in [1.29, 1.82) is 5.26 Å². The number of halogens is 5. The van der Waals surface area contributed by atoms with E-state index in [0.29, 0.717) is 4.68 Å². The molecule has 3 rings (SSSR count). The van der Waals surface area contributed by atoms with Crippen LogP contribution in [-0.2, 0) is 12.5 Å². The molecule has 0 bridgehead atoms. The zero-order chi connectivity index (χ0) is 26.0. The highest BCUT2D eigenvalue weighted by Gasteiger charge is 2.61. The van der Waals surface area contributed by atoms with Gasteiger partial charge in [-0.15, -0.1) is 15.3 Å². The number of nitriles is 1. The fourth-order valence-electron chi connectivity index (χ4n) is 2.85. The van der Waals surface area contributed by atoms with Gasteiger partial charge < -0.3 is 5.11 Å². The molecule has 0 amide bonds. The van der Waals surface area contributed by atoms with Crippen LogP contribution in [0.1, 0.15) is 23.7 Å². The van der Waals surface area contributed by atoms with Gasteiger partial charge in [0.2, 0.25) is 0 Å². The normalized spacial score (nSPS) is 12.5. The summed E-state index contributed by atoms with van der Waals surface area (Å²) in [6.45, 7) is 2.90. The minimum Gasteiger partial charge on any atom is -0.506 e. The number of nitrogens with zero attached hydrogens (tertiary/aromatic N) is 6. The number of hydrogen-bond acceptors (Lipinski definition) is 7. The lowest BCUT2D eigenvalue weighted by Gasteiger charge is -2.18. The van der Waals surface area contributed by atoms with Crippen LogP contribution in [0.2, 0.25) is 0 Å². The van der Waals surface area contributed by atoms with Crippen LogP contribution in [0.3, 0.4) is 0 Å². The average molecular weight is 493 g/mol. The van der Waals surface area contributed by atoms with Crippen LogP contribution in [0.4, 0.5) is 44.7 Å². The molecule has 1 aromatic heterocycles. The third-order valence-corrected chi connectivity index (χ3v) is 4.68. The van der Waals surface area contributed by atoms with Crippen LogP contribution in [0.25, 0.3) is 0 Å². The molecule has 0 saturated heterocycles. The second-order valence-corrected chi connectivity index (χ2v) is 7.16. The van der Waals surface area contributed by atoms with E-state index in [1.54, 1.807) is 18.1 Å². The maximum atomic E-state index is 13.9. The summed E-state index contributed by atoms with van der Waals surface area (Å²) in [6, 6.07) is 10.1. The summed E-state index contributed by atoms with van der Waals surface area (Å²) < 4.78 is 67.0. The first-order valence-corrected chi connectivity index (χ1v) is 9.84. The summed E-state index contributed by atoms with van der Waals surface area (Å²) in [5.74, 6) is -5.52. The molecule has 0 saturated carbocycles. The fraction of sp³-hybridized carbons (Fsp3) is 0.238. The minimum absolute atomic E-state index is 0.0608. The van der Waals surface area contributed by atoms with E-state index < -0.39 is 29.0 Å². The van der Waals surface area contributed by atoms with Gasteiger partial charge >= 0.3 is 12.1 Å². The summed E-state index contributed by atoms with van der Waals surface area (Å²) in [5, 5.41) is 35.6. The summed E-state index contributed by atoms with van der Waals surface area (Å²) in [7, 11) is 0. The molecule has 182 valence electrons. The van der Waals surface area contributed by atoms with Crippen LogP contribution in [0, 0.1) is 18.3 Å². The Kier molecular flexibility index (Phi) is 6.81. The molecule has 0 aliphatic carbocycles. The van der Waals surface area contributed by atoms with E-state index in [0.717, 1.165) is 11.6 Å². The van der Waals surface area contributed by atoms with Gasteiger partial charge in [0, 0.05) is 6.54 Å². The zero-order valence-corrected chi connectivity index (χ0v) is 18.1. The molecule has 1 heterocycles. The fourth-order valence-corrected chi connectivity index (χ4v) is 2.85. The predicted molar refractivity (Wildman–Crippen MR) is 113 cm³/mol. The summed E-state index contributed by atoms with van der Waals surface area (Å²) in [5.41, 5.74) is -3.40. The van der Waals surface area contributed by atoms with Gasteiger partial charge in [0.25, 0.3) is 5.56 Å². The molecule has 0 atom stereocenters. The Morgan fingerprint density at radius 1 is 1.03 bits per heavy atom. The number of rotatable bonds is 6. The van der Waals surface area contributed by atoms with Crippen LogP contribution >= 0.6 is 0 Å². The van der Waals surface area contributed by atoms with E-state index in [9.17, 15) is 37.1 Å². The number of aromatic amines is 1. The number of nitrogens with one attached hydrogen (secondary N) is 1. The van der Waals surface area contributed by atoms with Crippen molar-refractivity contribution in [2.45, 2.75) is 32.5 Å². The smallest absolute Gasteiger partial charge is 0.459 e. The highest BCUT2D eigenvalue weighted by Crippen LogP contribution is 2.45. The lowest BCUT2D eigenvalue weighted by atomic mass is 10.2. The van der Waals surface area contributed by atoms with Crippen molar-refractivity contribution >= 4 is 22.7 Å². The van der Waals surface area contributed by atoms with Gasteiger partial charge in [0.05, 0.1) is 11.3 Å². The third-order valence-electron chi connectivity index (χ3n) is 4.68. The number of H-pyrrole nitrogens is 1. The van der Waals surface area contributed by atoms with Crippen LogP contribution in [0.5, 0.6) is 5.75 Å². The Morgan fingerprint density at radius 3 is 2.29 bits per heavy atom. The average Bonchev–Trinajstić information content (AvgIpc) is 3.12. The Bertz CT molecular complexity index is 1410. The largest absolute Gasteiger partial charge is 0.506 e. The number of benzene rings is 2.